The highest BCUT2D eigenvalue weighted by molar-refractivity contribution is 9.11. The van der Waals surface area contributed by atoms with E-state index in [4.69, 9.17) is 0 Å². The van der Waals surface area contributed by atoms with Crippen LogP contribution < -0.4 is 0 Å². The number of Topliss-reactive ketones (excluding diaryl/α,β-unsaturated/α-hetero) is 1. The monoisotopic (exact) mass is 449 g/mol. The summed E-state index contributed by atoms with van der Waals surface area (Å²) in [6, 6.07) is 6.28. The quantitative estimate of drug-likeness (QED) is 0.619. The molecule has 0 unspecified atom stereocenters. The average molecular weight is 452 g/mol. The van der Waals surface area contributed by atoms with E-state index in [-0.39, 0.29) is 18.0 Å². The number of hydrogen-bond acceptors (Lipinski definition) is 2. The van der Waals surface area contributed by atoms with Crippen molar-refractivity contribution >= 4 is 53.6 Å². The second-order valence-corrected chi connectivity index (χ2v) is 6.46. The van der Waals surface area contributed by atoms with Crippen molar-refractivity contribution in [2.75, 3.05) is 0 Å². The normalized spacial score (nSPS) is 10.5. The van der Waals surface area contributed by atoms with Crippen molar-refractivity contribution < 1.29 is 9.18 Å². The van der Waals surface area contributed by atoms with Gasteiger partial charge in [0.2, 0.25) is 0 Å². The topological polar surface area (TPSA) is 30.0 Å². The Balaban J connectivity index is 2.23. The van der Waals surface area contributed by atoms with Gasteiger partial charge in [0.25, 0.3) is 0 Å². The molecular formula is C13H7Br3FNO. The number of carbonyl (C=O) groups excluding carboxylic acids is 1. The summed E-state index contributed by atoms with van der Waals surface area (Å²) in [4.78, 5) is 16.2. The lowest BCUT2D eigenvalue weighted by molar-refractivity contribution is 0.0987. The minimum Gasteiger partial charge on any atom is -0.292 e. The molecule has 0 saturated carbocycles. The first kappa shape index (κ1) is 14.8. The van der Waals surface area contributed by atoms with E-state index in [2.05, 4.69) is 52.8 Å². The van der Waals surface area contributed by atoms with E-state index in [1.165, 1.54) is 6.07 Å². The van der Waals surface area contributed by atoms with Gasteiger partial charge in [-0.05, 0) is 71.6 Å². The highest BCUT2D eigenvalue weighted by Gasteiger charge is 2.13. The van der Waals surface area contributed by atoms with Gasteiger partial charge in [-0.1, -0.05) is 6.07 Å². The first-order chi connectivity index (χ1) is 8.97. The van der Waals surface area contributed by atoms with Gasteiger partial charge in [-0.2, -0.15) is 0 Å². The maximum absolute atomic E-state index is 13.1. The number of benzene rings is 1. The largest absolute Gasteiger partial charge is 0.292 e. The second-order valence-electron chi connectivity index (χ2n) is 3.83. The molecule has 6 heteroatoms. The molecule has 2 rings (SSSR count). The van der Waals surface area contributed by atoms with Crippen LogP contribution in [0.5, 0.6) is 0 Å². The number of carbonyl (C=O) groups is 1. The molecule has 0 N–H and O–H groups in total. The van der Waals surface area contributed by atoms with Crippen molar-refractivity contribution in [3.63, 3.8) is 0 Å². The molecule has 1 aromatic heterocycles. The van der Waals surface area contributed by atoms with Gasteiger partial charge < -0.3 is 0 Å². The number of hydrogen-bond donors (Lipinski definition) is 0. The fraction of sp³-hybridized carbons (Fsp3) is 0.0769. The van der Waals surface area contributed by atoms with E-state index >= 15 is 0 Å². The van der Waals surface area contributed by atoms with E-state index in [0.29, 0.717) is 14.6 Å². The van der Waals surface area contributed by atoms with E-state index in [1.54, 1.807) is 24.4 Å². The predicted molar refractivity (Wildman–Crippen MR) is 81.8 cm³/mol. The Morgan fingerprint density at radius 3 is 2.53 bits per heavy atom. The summed E-state index contributed by atoms with van der Waals surface area (Å²) in [5.74, 6) is -0.475. The summed E-state index contributed by atoms with van der Waals surface area (Å²) >= 11 is 9.68. The number of nitrogens with zero attached hydrogens (tertiary/aromatic N) is 1. The lowest BCUT2D eigenvalue weighted by Crippen LogP contribution is -2.07. The predicted octanol–water partition coefficient (Wildman–Crippen LogP) is 4.93. The molecule has 1 heterocycles. The number of aromatic nitrogens is 1. The molecule has 19 heavy (non-hydrogen) atoms. The first-order valence-electron chi connectivity index (χ1n) is 5.25. The third-order valence-corrected chi connectivity index (χ3v) is 4.07. The van der Waals surface area contributed by atoms with Gasteiger partial charge in [0.1, 0.15) is 11.5 Å². The minimum atomic E-state index is -0.348. The van der Waals surface area contributed by atoms with Crippen molar-refractivity contribution in [1.29, 1.82) is 0 Å². The first-order valence-corrected chi connectivity index (χ1v) is 7.63. The lowest BCUT2D eigenvalue weighted by atomic mass is 10.1. The van der Waals surface area contributed by atoms with Gasteiger partial charge in [0.05, 0.1) is 4.47 Å². The number of halogens is 4. The third kappa shape index (κ3) is 3.70. The summed E-state index contributed by atoms with van der Waals surface area (Å²) < 4.78 is 14.9. The molecule has 0 atom stereocenters. The van der Waals surface area contributed by atoms with Crippen LogP contribution in [0.4, 0.5) is 4.39 Å². The summed E-state index contributed by atoms with van der Waals surface area (Å²) in [7, 11) is 0. The molecule has 1 aromatic carbocycles. The number of pyridine rings is 1. The van der Waals surface area contributed by atoms with Crippen molar-refractivity contribution in [2.45, 2.75) is 6.42 Å². The van der Waals surface area contributed by atoms with Crippen LogP contribution in [0.25, 0.3) is 0 Å². The molecule has 0 aliphatic heterocycles. The molecule has 98 valence electrons. The van der Waals surface area contributed by atoms with Gasteiger partial charge in [0, 0.05) is 21.6 Å². The molecular weight excluding hydrogens is 445 g/mol. The molecule has 0 saturated heterocycles. The molecule has 0 aliphatic carbocycles. The number of ketones is 1. The molecule has 0 bridgehead atoms. The average Bonchev–Trinajstić information content (AvgIpc) is 2.33. The fourth-order valence-corrected chi connectivity index (χ4v) is 3.17. The Morgan fingerprint density at radius 2 is 1.89 bits per heavy atom. The molecule has 2 aromatic rings. The Kier molecular flexibility index (Phi) is 4.86. The second kappa shape index (κ2) is 6.24. The van der Waals surface area contributed by atoms with Crippen LogP contribution in [-0.4, -0.2) is 10.8 Å². The molecule has 0 amide bonds. The molecule has 0 fully saturated rings. The summed E-state index contributed by atoms with van der Waals surface area (Å²) in [5.41, 5.74) is 1.10. The van der Waals surface area contributed by atoms with Gasteiger partial charge >= 0.3 is 0 Å². The van der Waals surface area contributed by atoms with Crippen LogP contribution >= 0.6 is 47.8 Å². The standard InChI is InChI=1S/C13H7Br3FNO/c14-8-5-10(16)13(18-6-8)12(19)4-7-1-2-11(17)9(15)3-7/h1-3,5-6H,4H2. The zero-order valence-corrected chi connectivity index (χ0v) is 14.2. The van der Waals surface area contributed by atoms with E-state index in [0.717, 1.165) is 10.0 Å². The zero-order chi connectivity index (χ0) is 14.0. The maximum Gasteiger partial charge on any atom is 0.186 e. The highest BCUT2D eigenvalue weighted by Crippen LogP contribution is 2.22. The van der Waals surface area contributed by atoms with Crippen molar-refractivity contribution in [2.24, 2.45) is 0 Å². The van der Waals surface area contributed by atoms with Gasteiger partial charge in [-0.3, -0.25) is 9.78 Å². The van der Waals surface area contributed by atoms with E-state index < -0.39 is 0 Å². The lowest BCUT2D eigenvalue weighted by Gasteiger charge is -2.04. The van der Waals surface area contributed by atoms with E-state index in [1.807, 2.05) is 0 Å². The number of rotatable bonds is 3. The Morgan fingerprint density at radius 1 is 1.16 bits per heavy atom. The van der Waals surface area contributed by atoms with E-state index in [9.17, 15) is 9.18 Å². The maximum atomic E-state index is 13.1. The summed E-state index contributed by atoms with van der Waals surface area (Å²) in [5, 5.41) is 0. The zero-order valence-electron chi connectivity index (χ0n) is 9.46. The van der Waals surface area contributed by atoms with Crippen LogP contribution in [0, 0.1) is 5.82 Å². The smallest absolute Gasteiger partial charge is 0.186 e. The van der Waals surface area contributed by atoms with Crippen molar-refractivity contribution in [3.05, 3.63) is 61.0 Å². The summed E-state index contributed by atoms with van der Waals surface area (Å²) in [6.45, 7) is 0. The SMILES string of the molecule is O=C(Cc1ccc(F)c(Br)c1)c1ncc(Br)cc1Br. The highest BCUT2D eigenvalue weighted by atomic mass is 79.9. The Hall–Kier alpha value is -0.590. The third-order valence-electron chi connectivity index (χ3n) is 2.42. The van der Waals surface area contributed by atoms with Gasteiger partial charge in [-0.25, -0.2) is 4.39 Å². The van der Waals surface area contributed by atoms with Crippen molar-refractivity contribution in [3.8, 4) is 0 Å². The molecule has 0 radical (unpaired) electrons. The Bertz CT molecular complexity index is 646. The van der Waals surface area contributed by atoms with Crippen LogP contribution in [-0.2, 0) is 6.42 Å². The van der Waals surface area contributed by atoms with Crippen LogP contribution in [0.1, 0.15) is 16.1 Å². The molecule has 0 spiro atoms. The fourth-order valence-electron chi connectivity index (χ4n) is 1.54. The van der Waals surface area contributed by atoms with Crippen LogP contribution in [0.15, 0.2) is 43.9 Å². The van der Waals surface area contributed by atoms with Gasteiger partial charge in [0.15, 0.2) is 5.78 Å². The Labute approximate surface area is 134 Å². The summed E-state index contributed by atoms with van der Waals surface area (Å²) in [6.07, 6.45) is 1.74. The molecule has 2 nitrogen and oxygen atoms in total. The molecule has 0 aliphatic rings. The minimum absolute atomic E-state index is 0.127. The van der Waals surface area contributed by atoms with Gasteiger partial charge in [-0.15, -0.1) is 0 Å². The van der Waals surface area contributed by atoms with Crippen LogP contribution in [0.3, 0.4) is 0 Å². The van der Waals surface area contributed by atoms with Crippen LogP contribution in [0.2, 0.25) is 0 Å². The van der Waals surface area contributed by atoms with Crippen molar-refractivity contribution in [1.82, 2.24) is 4.98 Å².